The summed E-state index contributed by atoms with van der Waals surface area (Å²) in [4.78, 5) is 39.1. The molecule has 0 radical (unpaired) electrons. The largest absolute Gasteiger partial charge is 0.343 e. The highest BCUT2D eigenvalue weighted by Gasteiger charge is 2.18. The first-order valence-electron chi connectivity index (χ1n) is 8.38. The molecule has 1 N–H and O–H groups in total. The van der Waals surface area contributed by atoms with E-state index < -0.39 is 10.8 Å². The number of rotatable bonds is 8. The minimum absolute atomic E-state index is 0.144. The van der Waals surface area contributed by atoms with Gasteiger partial charge in [-0.2, -0.15) is 0 Å². The molecule has 0 saturated heterocycles. The van der Waals surface area contributed by atoms with Crippen LogP contribution in [0.3, 0.4) is 0 Å². The fourth-order valence-corrected chi connectivity index (χ4v) is 3.98. The fourth-order valence-electron chi connectivity index (χ4n) is 2.54. The van der Waals surface area contributed by atoms with Crippen LogP contribution < -0.4 is 5.32 Å². The zero-order valence-electron chi connectivity index (χ0n) is 14.7. The van der Waals surface area contributed by atoms with Crippen LogP contribution in [-0.4, -0.2) is 28.2 Å². The van der Waals surface area contributed by atoms with Crippen LogP contribution in [0.25, 0.3) is 0 Å². The number of non-ortho nitro benzene ring substituents is 1. The number of thiophene rings is 2. The highest BCUT2D eigenvalue weighted by Crippen LogP contribution is 2.17. The van der Waals surface area contributed by atoms with E-state index in [2.05, 4.69) is 5.32 Å². The monoisotopic (exact) mass is 415 g/mol. The van der Waals surface area contributed by atoms with Gasteiger partial charge in [-0.05, 0) is 29.0 Å². The highest BCUT2D eigenvalue weighted by atomic mass is 32.1. The van der Waals surface area contributed by atoms with Gasteiger partial charge in [0.2, 0.25) is 5.91 Å². The zero-order chi connectivity index (χ0) is 19.9. The smallest absolute Gasteiger partial charge is 0.270 e. The van der Waals surface area contributed by atoms with E-state index in [1.165, 1.54) is 24.3 Å². The molecule has 9 heteroatoms. The third-order valence-electron chi connectivity index (χ3n) is 3.93. The van der Waals surface area contributed by atoms with E-state index in [-0.39, 0.29) is 23.7 Å². The van der Waals surface area contributed by atoms with Gasteiger partial charge in [0.15, 0.2) is 0 Å². The lowest BCUT2D eigenvalue weighted by Crippen LogP contribution is -2.39. The molecule has 0 aliphatic heterocycles. The Bertz CT molecular complexity index is 919. The van der Waals surface area contributed by atoms with E-state index in [0.29, 0.717) is 13.1 Å². The Morgan fingerprint density at radius 1 is 1.00 bits per heavy atom. The summed E-state index contributed by atoms with van der Waals surface area (Å²) in [6, 6.07) is 13.2. The maximum absolute atomic E-state index is 12.7. The Morgan fingerprint density at radius 3 is 2.18 bits per heavy atom. The van der Waals surface area contributed by atoms with Crippen molar-refractivity contribution in [3.8, 4) is 0 Å². The van der Waals surface area contributed by atoms with Crippen LogP contribution in [0.5, 0.6) is 0 Å². The van der Waals surface area contributed by atoms with Crippen molar-refractivity contribution in [3.05, 3.63) is 84.7 Å². The van der Waals surface area contributed by atoms with Gasteiger partial charge in [-0.3, -0.25) is 19.7 Å². The van der Waals surface area contributed by atoms with Crippen LogP contribution in [0.2, 0.25) is 0 Å². The van der Waals surface area contributed by atoms with Crippen molar-refractivity contribution in [3.63, 3.8) is 0 Å². The van der Waals surface area contributed by atoms with Gasteiger partial charge in [0, 0.05) is 27.5 Å². The summed E-state index contributed by atoms with van der Waals surface area (Å²) >= 11 is 3.13. The number of carbonyl (C=O) groups is 2. The summed E-state index contributed by atoms with van der Waals surface area (Å²) in [6.45, 7) is 0.737. The fraction of sp³-hybridized carbons (Fsp3) is 0.158. The van der Waals surface area contributed by atoms with Crippen molar-refractivity contribution in [2.75, 3.05) is 6.54 Å². The molecule has 3 rings (SSSR count). The molecular weight excluding hydrogens is 398 g/mol. The van der Waals surface area contributed by atoms with Gasteiger partial charge in [-0.25, -0.2) is 0 Å². The molecule has 0 saturated carbocycles. The van der Waals surface area contributed by atoms with Crippen molar-refractivity contribution in [2.24, 2.45) is 0 Å². The molecule has 0 fully saturated rings. The molecule has 3 aromatic rings. The minimum atomic E-state index is -0.564. The topological polar surface area (TPSA) is 92.6 Å². The average Bonchev–Trinajstić information content (AvgIpc) is 3.39. The Balaban J connectivity index is 1.64. The summed E-state index contributed by atoms with van der Waals surface area (Å²) in [6.07, 6.45) is 0. The van der Waals surface area contributed by atoms with Gasteiger partial charge in [0.25, 0.3) is 11.6 Å². The highest BCUT2D eigenvalue weighted by molar-refractivity contribution is 7.10. The quantitative estimate of drug-likeness (QED) is 0.449. The summed E-state index contributed by atoms with van der Waals surface area (Å²) in [7, 11) is 0. The van der Waals surface area contributed by atoms with Crippen molar-refractivity contribution in [1.82, 2.24) is 10.2 Å². The summed E-state index contributed by atoms with van der Waals surface area (Å²) in [5.74, 6) is -0.746. The molecule has 0 atom stereocenters. The number of nitro groups is 1. The van der Waals surface area contributed by atoms with Gasteiger partial charge in [-0.1, -0.05) is 18.2 Å². The standard InChI is InChI=1S/C19H17N3O4S2/c23-18(11-20-19(24)14-4-1-5-15(10-14)22(25)26)21(12-16-6-2-8-27-16)13-17-7-3-9-28-17/h1-10H,11-13H2,(H,20,24). The zero-order valence-corrected chi connectivity index (χ0v) is 16.4. The van der Waals surface area contributed by atoms with Gasteiger partial charge < -0.3 is 10.2 Å². The number of hydrogen-bond acceptors (Lipinski definition) is 6. The second-order valence-electron chi connectivity index (χ2n) is 5.90. The van der Waals surface area contributed by atoms with Gasteiger partial charge in [0.05, 0.1) is 24.6 Å². The lowest BCUT2D eigenvalue weighted by atomic mass is 10.2. The maximum atomic E-state index is 12.7. The summed E-state index contributed by atoms with van der Waals surface area (Å²) in [5.41, 5.74) is -0.0268. The number of nitrogens with one attached hydrogen (secondary N) is 1. The Hall–Kier alpha value is -3.04. The van der Waals surface area contributed by atoms with E-state index in [4.69, 9.17) is 0 Å². The molecule has 0 aliphatic rings. The summed E-state index contributed by atoms with van der Waals surface area (Å²) in [5, 5.41) is 17.3. The Labute approximate surface area is 169 Å². The van der Waals surface area contributed by atoms with E-state index in [0.717, 1.165) is 9.75 Å². The SMILES string of the molecule is O=C(NCC(=O)N(Cc1cccs1)Cc1cccs1)c1cccc([N+](=O)[O-])c1. The molecule has 1 aromatic carbocycles. The van der Waals surface area contributed by atoms with Crippen LogP contribution in [0, 0.1) is 10.1 Å². The number of amides is 2. The molecule has 2 heterocycles. The predicted molar refractivity (Wildman–Crippen MR) is 108 cm³/mol. The van der Waals surface area contributed by atoms with Crippen molar-refractivity contribution >= 4 is 40.2 Å². The second kappa shape index (κ2) is 9.25. The first-order valence-corrected chi connectivity index (χ1v) is 10.1. The summed E-state index contributed by atoms with van der Waals surface area (Å²) < 4.78 is 0. The van der Waals surface area contributed by atoms with Crippen molar-refractivity contribution < 1.29 is 14.5 Å². The van der Waals surface area contributed by atoms with Gasteiger partial charge in [0.1, 0.15) is 0 Å². The normalized spacial score (nSPS) is 10.4. The Morgan fingerprint density at radius 2 is 1.64 bits per heavy atom. The van der Waals surface area contributed by atoms with Gasteiger partial charge in [-0.15, -0.1) is 22.7 Å². The van der Waals surface area contributed by atoms with Crippen molar-refractivity contribution in [1.29, 1.82) is 0 Å². The third kappa shape index (κ3) is 5.24. The van der Waals surface area contributed by atoms with Gasteiger partial charge >= 0.3 is 0 Å². The molecule has 7 nitrogen and oxygen atoms in total. The number of carbonyl (C=O) groups excluding carboxylic acids is 2. The molecule has 28 heavy (non-hydrogen) atoms. The molecule has 144 valence electrons. The minimum Gasteiger partial charge on any atom is -0.343 e. The molecule has 0 aliphatic carbocycles. The number of hydrogen-bond donors (Lipinski definition) is 1. The van der Waals surface area contributed by atoms with Crippen LogP contribution in [0.4, 0.5) is 5.69 Å². The molecule has 2 aromatic heterocycles. The molecule has 0 spiro atoms. The number of benzene rings is 1. The van der Waals surface area contributed by atoms with Crippen molar-refractivity contribution in [2.45, 2.75) is 13.1 Å². The first-order chi connectivity index (χ1) is 13.5. The van der Waals surface area contributed by atoms with E-state index >= 15 is 0 Å². The maximum Gasteiger partial charge on any atom is 0.270 e. The molecule has 2 amide bonds. The average molecular weight is 415 g/mol. The lowest BCUT2D eigenvalue weighted by Gasteiger charge is -2.22. The van der Waals surface area contributed by atoms with E-state index in [1.807, 2.05) is 35.0 Å². The first kappa shape index (κ1) is 19.7. The third-order valence-corrected chi connectivity index (χ3v) is 5.65. The lowest BCUT2D eigenvalue weighted by molar-refractivity contribution is -0.384. The molecule has 0 bridgehead atoms. The predicted octanol–water partition coefficient (Wildman–Crippen LogP) is 3.68. The molecule has 0 unspecified atom stereocenters. The van der Waals surface area contributed by atoms with Crippen LogP contribution in [-0.2, 0) is 17.9 Å². The Kier molecular flexibility index (Phi) is 6.51. The van der Waals surface area contributed by atoms with E-state index in [1.54, 1.807) is 27.6 Å². The number of nitrogens with zero attached hydrogens (tertiary/aromatic N) is 2. The van der Waals surface area contributed by atoms with Crippen LogP contribution in [0.1, 0.15) is 20.1 Å². The van der Waals surface area contributed by atoms with E-state index in [9.17, 15) is 19.7 Å². The molecular formula is C19H17N3O4S2. The number of nitro benzene ring substituents is 1. The second-order valence-corrected chi connectivity index (χ2v) is 7.96. The van der Waals surface area contributed by atoms with Crippen LogP contribution >= 0.6 is 22.7 Å². The van der Waals surface area contributed by atoms with Crippen LogP contribution in [0.15, 0.2) is 59.3 Å².